The van der Waals surface area contributed by atoms with Crippen LogP contribution in [0.1, 0.15) is 57.9 Å². The average molecular weight is 501 g/mol. The minimum absolute atomic E-state index is 0.103. The molecule has 0 aliphatic heterocycles. The van der Waals surface area contributed by atoms with Gasteiger partial charge in [0.1, 0.15) is 0 Å². The summed E-state index contributed by atoms with van der Waals surface area (Å²) in [5.74, 6) is 0.551. The van der Waals surface area contributed by atoms with Crippen molar-refractivity contribution in [3.8, 4) is 0 Å². The Labute approximate surface area is 219 Å². The van der Waals surface area contributed by atoms with Gasteiger partial charge < -0.3 is 21.3 Å². The molecule has 0 fully saturated rings. The Hall–Kier alpha value is -3.54. The van der Waals surface area contributed by atoms with Gasteiger partial charge in [0.05, 0.1) is 0 Å². The lowest BCUT2D eigenvalue weighted by Crippen LogP contribution is -2.39. The molecular formula is C31H40N4O2. The van der Waals surface area contributed by atoms with Gasteiger partial charge in [-0.1, -0.05) is 87.7 Å². The van der Waals surface area contributed by atoms with Crippen LogP contribution in [-0.4, -0.2) is 31.7 Å². The number of benzene rings is 4. The van der Waals surface area contributed by atoms with E-state index in [4.69, 9.17) is 0 Å². The van der Waals surface area contributed by atoms with E-state index in [1.54, 1.807) is 0 Å². The SMILES string of the molecule is CCCCC(CC)CNC(=O)NCCCCNC(=O)NCc1ccc2ccc3cccc4ccc1c2c34. The molecular weight excluding hydrogens is 460 g/mol. The molecule has 4 amide bonds. The van der Waals surface area contributed by atoms with Gasteiger partial charge in [-0.3, -0.25) is 0 Å². The van der Waals surface area contributed by atoms with Gasteiger partial charge >= 0.3 is 12.1 Å². The predicted molar refractivity (Wildman–Crippen MR) is 154 cm³/mol. The fourth-order valence-corrected chi connectivity index (χ4v) is 5.08. The molecule has 0 heterocycles. The van der Waals surface area contributed by atoms with Crippen LogP contribution < -0.4 is 21.3 Å². The molecule has 0 saturated heterocycles. The Kier molecular flexibility index (Phi) is 9.41. The molecule has 6 heteroatoms. The van der Waals surface area contributed by atoms with Crippen LogP contribution in [-0.2, 0) is 6.54 Å². The first-order valence-corrected chi connectivity index (χ1v) is 13.8. The van der Waals surface area contributed by atoms with E-state index in [9.17, 15) is 9.59 Å². The third-order valence-electron chi connectivity index (χ3n) is 7.33. The number of amides is 4. The minimum Gasteiger partial charge on any atom is -0.338 e. The van der Waals surface area contributed by atoms with Crippen molar-refractivity contribution in [3.05, 3.63) is 60.2 Å². The van der Waals surface area contributed by atoms with Crippen LogP contribution in [0.2, 0.25) is 0 Å². The van der Waals surface area contributed by atoms with E-state index < -0.39 is 0 Å². The van der Waals surface area contributed by atoms with Crippen LogP contribution in [0.5, 0.6) is 0 Å². The van der Waals surface area contributed by atoms with Crippen molar-refractivity contribution in [1.82, 2.24) is 21.3 Å². The lowest BCUT2D eigenvalue weighted by molar-refractivity contribution is 0.236. The van der Waals surface area contributed by atoms with E-state index in [0.29, 0.717) is 25.6 Å². The summed E-state index contributed by atoms with van der Waals surface area (Å²) < 4.78 is 0. The summed E-state index contributed by atoms with van der Waals surface area (Å²) in [6.07, 6.45) is 6.27. The second kappa shape index (κ2) is 13.1. The van der Waals surface area contributed by atoms with E-state index in [0.717, 1.165) is 37.8 Å². The second-order valence-electron chi connectivity index (χ2n) is 9.95. The first-order chi connectivity index (χ1) is 18.1. The second-order valence-corrected chi connectivity index (χ2v) is 9.95. The fraction of sp³-hybridized carbons (Fsp3) is 0.419. The van der Waals surface area contributed by atoms with Gasteiger partial charge in [-0.15, -0.1) is 0 Å². The molecule has 0 aliphatic rings. The molecule has 1 unspecified atom stereocenters. The summed E-state index contributed by atoms with van der Waals surface area (Å²) in [6, 6.07) is 19.0. The van der Waals surface area contributed by atoms with Gasteiger partial charge in [0.2, 0.25) is 0 Å². The van der Waals surface area contributed by atoms with Gasteiger partial charge in [-0.05, 0) is 63.1 Å². The van der Waals surface area contributed by atoms with E-state index in [2.05, 4.69) is 89.7 Å². The van der Waals surface area contributed by atoms with Crippen molar-refractivity contribution in [2.75, 3.05) is 19.6 Å². The topological polar surface area (TPSA) is 82.3 Å². The van der Waals surface area contributed by atoms with Gasteiger partial charge in [-0.2, -0.15) is 0 Å². The smallest absolute Gasteiger partial charge is 0.315 e. The first-order valence-electron chi connectivity index (χ1n) is 13.8. The van der Waals surface area contributed by atoms with Crippen molar-refractivity contribution in [2.45, 2.75) is 58.9 Å². The molecule has 0 radical (unpaired) electrons. The zero-order valence-corrected chi connectivity index (χ0v) is 22.2. The van der Waals surface area contributed by atoms with E-state index in [1.807, 2.05) is 0 Å². The summed E-state index contributed by atoms with van der Waals surface area (Å²) in [7, 11) is 0. The summed E-state index contributed by atoms with van der Waals surface area (Å²) in [5, 5.41) is 19.2. The first kappa shape index (κ1) is 26.5. The summed E-state index contributed by atoms with van der Waals surface area (Å²) in [6.45, 7) is 6.75. The largest absolute Gasteiger partial charge is 0.338 e. The maximum atomic E-state index is 12.4. The average Bonchev–Trinajstić information content (AvgIpc) is 2.92. The third kappa shape index (κ3) is 6.82. The van der Waals surface area contributed by atoms with Crippen LogP contribution in [0.4, 0.5) is 9.59 Å². The van der Waals surface area contributed by atoms with E-state index in [1.165, 1.54) is 45.2 Å². The van der Waals surface area contributed by atoms with Crippen molar-refractivity contribution in [2.24, 2.45) is 5.92 Å². The Morgan fingerprint density at radius 3 is 2.00 bits per heavy atom. The molecule has 1 atom stereocenters. The van der Waals surface area contributed by atoms with Crippen LogP contribution in [0, 0.1) is 5.92 Å². The number of hydrogen-bond donors (Lipinski definition) is 4. The van der Waals surface area contributed by atoms with Gasteiger partial charge in [-0.25, -0.2) is 9.59 Å². The summed E-state index contributed by atoms with van der Waals surface area (Å²) in [5.41, 5.74) is 1.11. The lowest BCUT2D eigenvalue weighted by atomic mass is 9.92. The lowest BCUT2D eigenvalue weighted by Gasteiger charge is -2.15. The highest BCUT2D eigenvalue weighted by molar-refractivity contribution is 6.23. The molecule has 37 heavy (non-hydrogen) atoms. The summed E-state index contributed by atoms with van der Waals surface area (Å²) in [4.78, 5) is 24.4. The molecule has 4 aromatic rings. The Morgan fingerprint density at radius 2 is 1.32 bits per heavy atom. The van der Waals surface area contributed by atoms with Crippen molar-refractivity contribution in [1.29, 1.82) is 0 Å². The molecule has 0 aromatic heterocycles. The fourth-order valence-electron chi connectivity index (χ4n) is 5.08. The Morgan fingerprint density at radius 1 is 0.703 bits per heavy atom. The number of rotatable bonds is 13. The molecule has 4 N–H and O–H groups in total. The number of urea groups is 2. The van der Waals surface area contributed by atoms with Crippen LogP contribution in [0.3, 0.4) is 0 Å². The third-order valence-corrected chi connectivity index (χ3v) is 7.33. The Balaban J connectivity index is 1.17. The van der Waals surface area contributed by atoms with Crippen molar-refractivity contribution in [3.63, 3.8) is 0 Å². The van der Waals surface area contributed by atoms with Crippen molar-refractivity contribution >= 4 is 44.4 Å². The van der Waals surface area contributed by atoms with Gasteiger partial charge in [0, 0.05) is 26.2 Å². The quantitative estimate of drug-likeness (QED) is 0.122. The highest BCUT2D eigenvalue weighted by Crippen LogP contribution is 2.35. The zero-order valence-electron chi connectivity index (χ0n) is 22.2. The standard InChI is InChI=1S/C31H40N4O2/c1-3-5-9-22(4-2)20-34-30(36)32-18-6-7-19-33-31(37)35-21-26-15-14-25-13-12-23-10-8-11-24-16-17-27(26)29(25)28(23)24/h8,10-17,22H,3-7,9,18-21H2,1-2H3,(H2,32,34,36)(H2,33,35,37). The monoisotopic (exact) mass is 500 g/mol. The molecule has 4 rings (SSSR count). The maximum absolute atomic E-state index is 12.4. The minimum atomic E-state index is -0.172. The number of carbonyl (C=O) groups is 2. The molecule has 0 aliphatic carbocycles. The highest BCUT2D eigenvalue weighted by Gasteiger charge is 2.11. The maximum Gasteiger partial charge on any atom is 0.315 e. The molecule has 0 bridgehead atoms. The van der Waals surface area contributed by atoms with Gasteiger partial charge in [0.15, 0.2) is 0 Å². The number of nitrogens with one attached hydrogen (secondary N) is 4. The van der Waals surface area contributed by atoms with Crippen LogP contribution in [0.15, 0.2) is 54.6 Å². The van der Waals surface area contributed by atoms with Crippen LogP contribution in [0.25, 0.3) is 32.3 Å². The zero-order chi connectivity index (χ0) is 26.0. The molecule has 0 spiro atoms. The highest BCUT2D eigenvalue weighted by atomic mass is 16.2. The van der Waals surface area contributed by atoms with E-state index >= 15 is 0 Å². The normalized spacial score (nSPS) is 12.2. The molecule has 196 valence electrons. The van der Waals surface area contributed by atoms with Crippen molar-refractivity contribution < 1.29 is 9.59 Å². The van der Waals surface area contributed by atoms with Gasteiger partial charge in [0.25, 0.3) is 0 Å². The number of unbranched alkanes of at least 4 members (excludes halogenated alkanes) is 2. The Bertz CT molecular complexity index is 1300. The number of hydrogen-bond acceptors (Lipinski definition) is 2. The summed E-state index contributed by atoms with van der Waals surface area (Å²) >= 11 is 0. The molecule has 6 nitrogen and oxygen atoms in total. The predicted octanol–water partition coefficient (Wildman–Crippen LogP) is 6.68. The molecule has 4 aromatic carbocycles. The van der Waals surface area contributed by atoms with Crippen LogP contribution >= 0.6 is 0 Å². The number of carbonyl (C=O) groups excluding carboxylic acids is 2. The van der Waals surface area contributed by atoms with E-state index in [-0.39, 0.29) is 12.1 Å². The molecule has 0 saturated carbocycles.